The first-order valence-electron chi connectivity index (χ1n) is 5.15. The minimum atomic E-state index is -0.362. The fourth-order valence-corrected chi connectivity index (χ4v) is 2.21. The maximum absolute atomic E-state index is 11.6. The van der Waals surface area contributed by atoms with Crippen LogP contribution in [0.3, 0.4) is 0 Å². The summed E-state index contributed by atoms with van der Waals surface area (Å²) in [6.07, 6.45) is 2.50. The van der Waals surface area contributed by atoms with E-state index in [0.717, 1.165) is 19.6 Å². The summed E-state index contributed by atoms with van der Waals surface area (Å²) in [5.41, 5.74) is -0.362. The third-order valence-corrected chi connectivity index (χ3v) is 3.10. The highest BCUT2D eigenvalue weighted by Crippen LogP contribution is 2.31. The molecule has 4 heteroatoms. The van der Waals surface area contributed by atoms with Gasteiger partial charge in [-0.2, -0.15) is 0 Å². The van der Waals surface area contributed by atoms with Gasteiger partial charge in [-0.15, -0.1) is 0 Å². The molecular weight excluding hydrogens is 182 g/mol. The summed E-state index contributed by atoms with van der Waals surface area (Å²) in [6, 6.07) is 0. The number of hydrogen-bond acceptors (Lipinski definition) is 4. The molecule has 0 aliphatic carbocycles. The van der Waals surface area contributed by atoms with Gasteiger partial charge in [-0.3, -0.25) is 4.79 Å². The number of nitrogens with zero attached hydrogens (tertiary/aromatic N) is 1. The van der Waals surface area contributed by atoms with E-state index in [1.54, 1.807) is 0 Å². The van der Waals surface area contributed by atoms with Crippen molar-refractivity contribution in [1.82, 2.24) is 4.90 Å². The third-order valence-electron chi connectivity index (χ3n) is 3.10. The Morgan fingerprint density at radius 3 is 2.50 bits per heavy atom. The molecule has 4 nitrogen and oxygen atoms in total. The van der Waals surface area contributed by atoms with E-state index >= 15 is 0 Å². The zero-order valence-corrected chi connectivity index (χ0v) is 8.62. The molecule has 2 rings (SSSR count). The van der Waals surface area contributed by atoms with Gasteiger partial charge in [0.25, 0.3) is 0 Å². The van der Waals surface area contributed by atoms with E-state index in [1.807, 2.05) is 0 Å². The maximum atomic E-state index is 11.6. The highest BCUT2D eigenvalue weighted by Gasteiger charge is 2.48. The molecule has 2 heterocycles. The Labute approximate surface area is 84.2 Å². The molecule has 0 amide bonds. The summed E-state index contributed by atoms with van der Waals surface area (Å²) in [5.74, 6) is -0.115. The summed E-state index contributed by atoms with van der Waals surface area (Å²) in [4.78, 5) is 13.9. The second kappa shape index (κ2) is 3.87. The van der Waals surface area contributed by atoms with Crippen molar-refractivity contribution in [3.8, 4) is 0 Å². The average molecular weight is 199 g/mol. The molecule has 0 saturated carbocycles. The molecule has 0 spiro atoms. The van der Waals surface area contributed by atoms with Gasteiger partial charge in [0.1, 0.15) is 5.41 Å². The van der Waals surface area contributed by atoms with E-state index in [2.05, 4.69) is 4.90 Å². The van der Waals surface area contributed by atoms with Gasteiger partial charge in [0.2, 0.25) is 0 Å². The molecule has 0 N–H and O–H groups in total. The Kier molecular flexibility index (Phi) is 2.74. The molecular formula is C10H17NO3. The lowest BCUT2D eigenvalue weighted by molar-refractivity contribution is -0.186. The number of likely N-dealkylation sites (tertiary alicyclic amines) is 1. The van der Waals surface area contributed by atoms with Gasteiger partial charge in [-0.05, 0) is 25.9 Å². The van der Waals surface area contributed by atoms with Crippen molar-refractivity contribution in [3.63, 3.8) is 0 Å². The molecule has 0 aromatic heterocycles. The quantitative estimate of drug-likeness (QED) is 0.612. The number of carbonyl (C=O) groups excluding carboxylic acids is 1. The van der Waals surface area contributed by atoms with Gasteiger partial charge >= 0.3 is 5.97 Å². The van der Waals surface area contributed by atoms with Crippen LogP contribution in [0.5, 0.6) is 0 Å². The molecule has 0 bridgehead atoms. The number of methoxy groups -OCH3 is 1. The largest absolute Gasteiger partial charge is 0.468 e. The van der Waals surface area contributed by atoms with Crippen LogP contribution in [0.4, 0.5) is 0 Å². The Hall–Kier alpha value is -0.610. The molecule has 0 aromatic carbocycles. The van der Waals surface area contributed by atoms with Crippen LogP contribution in [-0.4, -0.2) is 50.8 Å². The van der Waals surface area contributed by atoms with E-state index in [1.165, 1.54) is 20.0 Å². The summed E-state index contributed by atoms with van der Waals surface area (Å²) in [5, 5.41) is 0. The molecule has 0 atom stereocenters. The molecule has 2 aliphatic heterocycles. The first kappa shape index (κ1) is 9.93. The second-order valence-corrected chi connectivity index (χ2v) is 4.25. The standard InChI is InChI=1S/C10H17NO3/c1-13-9(12)10(7-14-8-10)6-11-4-2-3-5-11/h2-8H2,1H3. The number of esters is 1. The average Bonchev–Trinajstić information content (AvgIpc) is 2.62. The Balaban J connectivity index is 1.94. The molecule has 14 heavy (non-hydrogen) atoms. The molecule has 0 radical (unpaired) electrons. The van der Waals surface area contributed by atoms with Crippen LogP contribution >= 0.6 is 0 Å². The van der Waals surface area contributed by atoms with Gasteiger partial charge in [-0.25, -0.2) is 0 Å². The minimum absolute atomic E-state index is 0.115. The number of hydrogen-bond donors (Lipinski definition) is 0. The van der Waals surface area contributed by atoms with E-state index < -0.39 is 0 Å². The number of ether oxygens (including phenoxy) is 2. The zero-order chi connectivity index (χ0) is 10.0. The highest BCUT2D eigenvalue weighted by atomic mass is 16.5. The fourth-order valence-electron chi connectivity index (χ4n) is 2.21. The van der Waals surface area contributed by atoms with Crippen molar-refractivity contribution in [2.75, 3.05) is 40.0 Å². The molecule has 2 aliphatic rings. The van der Waals surface area contributed by atoms with E-state index in [0.29, 0.717) is 13.2 Å². The van der Waals surface area contributed by atoms with Crippen LogP contribution in [0.25, 0.3) is 0 Å². The van der Waals surface area contributed by atoms with Crippen molar-refractivity contribution < 1.29 is 14.3 Å². The van der Waals surface area contributed by atoms with Gasteiger partial charge in [0.05, 0.1) is 20.3 Å². The summed E-state index contributed by atoms with van der Waals surface area (Å²) in [6.45, 7) is 4.07. The lowest BCUT2D eigenvalue weighted by Crippen LogP contribution is -2.56. The van der Waals surface area contributed by atoms with Crippen LogP contribution in [0, 0.1) is 5.41 Å². The molecule has 80 valence electrons. The minimum Gasteiger partial charge on any atom is -0.468 e. The third kappa shape index (κ3) is 1.64. The summed E-state index contributed by atoms with van der Waals surface area (Å²) in [7, 11) is 1.45. The Morgan fingerprint density at radius 2 is 2.07 bits per heavy atom. The normalized spacial score (nSPS) is 25.8. The van der Waals surface area contributed by atoms with Crippen molar-refractivity contribution >= 4 is 5.97 Å². The highest BCUT2D eigenvalue weighted by molar-refractivity contribution is 5.78. The first-order valence-corrected chi connectivity index (χ1v) is 5.15. The van der Waals surface area contributed by atoms with Crippen LogP contribution in [0.15, 0.2) is 0 Å². The van der Waals surface area contributed by atoms with Gasteiger partial charge in [0, 0.05) is 6.54 Å². The van der Waals surface area contributed by atoms with E-state index in [9.17, 15) is 4.79 Å². The second-order valence-electron chi connectivity index (χ2n) is 4.25. The Bertz CT molecular complexity index is 219. The van der Waals surface area contributed by atoms with Gasteiger partial charge < -0.3 is 14.4 Å². The zero-order valence-electron chi connectivity index (χ0n) is 8.62. The predicted molar refractivity (Wildman–Crippen MR) is 50.9 cm³/mol. The van der Waals surface area contributed by atoms with E-state index in [4.69, 9.17) is 9.47 Å². The lowest BCUT2D eigenvalue weighted by atomic mass is 9.85. The van der Waals surface area contributed by atoms with Gasteiger partial charge in [-0.1, -0.05) is 0 Å². The lowest BCUT2D eigenvalue weighted by Gasteiger charge is -2.40. The summed E-state index contributed by atoms with van der Waals surface area (Å²) < 4.78 is 9.97. The summed E-state index contributed by atoms with van der Waals surface area (Å²) >= 11 is 0. The first-order chi connectivity index (χ1) is 6.77. The predicted octanol–water partition coefficient (Wildman–Crippen LogP) is 0.272. The van der Waals surface area contributed by atoms with Gasteiger partial charge in [0.15, 0.2) is 0 Å². The van der Waals surface area contributed by atoms with Crippen molar-refractivity contribution in [2.45, 2.75) is 12.8 Å². The van der Waals surface area contributed by atoms with Crippen molar-refractivity contribution in [3.05, 3.63) is 0 Å². The molecule has 0 aromatic rings. The Morgan fingerprint density at radius 1 is 1.43 bits per heavy atom. The van der Waals surface area contributed by atoms with Crippen molar-refractivity contribution in [2.24, 2.45) is 5.41 Å². The van der Waals surface area contributed by atoms with Crippen LogP contribution in [0.1, 0.15) is 12.8 Å². The fraction of sp³-hybridized carbons (Fsp3) is 0.900. The van der Waals surface area contributed by atoms with Crippen LogP contribution in [0.2, 0.25) is 0 Å². The number of carbonyl (C=O) groups is 1. The smallest absolute Gasteiger partial charge is 0.317 e. The topological polar surface area (TPSA) is 38.8 Å². The van der Waals surface area contributed by atoms with Crippen molar-refractivity contribution in [1.29, 1.82) is 0 Å². The SMILES string of the molecule is COC(=O)C1(CN2CCCC2)COC1. The van der Waals surface area contributed by atoms with E-state index in [-0.39, 0.29) is 11.4 Å². The van der Waals surface area contributed by atoms with Crippen LogP contribution < -0.4 is 0 Å². The molecule has 0 unspecified atom stereocenters. The molecule has 2 fully saturated rings. The molecule has 2 saturated heterocycles. The number of rotatable bonds is 3. The maximum Gasteiger partial charge on any atom is 0.317 e. The monoisotopic (exact) mass is 199 g/mol. The van der Waals surface area contributed by atoms with Crippen LogP contribution in [-0.2, 0) is 14.3 Å².